The highest BCUT2D eigenvalue weighted by Crippen LogP contribution is 2.11. The summed E-state index contributed by atoms with van der Waals surface area (Å²) in [5, 5.41) is 6.39. The molecule has 1 aromatic rings. The highest BCUT2D eigenvalue weighted by molar-refractivity contribution is 5.57. The Bertz CT molecular complexity index is 425. The molecular weight excluding hydrogens is 196 g/mol. The van der Waals surface area contributed by atoms with Crippen molar-refractivity contribution in [1.82, 2.24) is 5.32 Å². The molecule has 2 N–H and O–H groups in total. The van der Waals surface area contributed by atoms with Gasteiger partial charge in [0.25, 0.3) is 0 Å². The Labute approximate surface area is 96.4 Å². The fraction of sp³-hybridized carbons (Fsp3) is 0.143. The molecule has 0 fully saturated rings. The van der Waals surface area contributed by atoms with Crippen LogP contribution in [0.4, 0.5) is 5.69 Å². The predicted octanol–water partition coefficient (Wildman–Crippen LogP) is 2.78. The number of rotatable bonds is 3. The number of hydrogen-bond acceptors (Lipinski definition) is 2. The first-order chi connectivity index (χ1) is 7.88. The first-order valence-corrected chi connectivity index (χ1v) is 5.45. The second-order valence-corrected chi connectivity index (χ2v) is 3.64. The molecule has 2 rings (SSSR count). The minimum absolute atomic E-state index is 0.912. The largest absolute Gasteiger partial charge is 0.388 e. The third-order valence-electron chi connectivity index (χ3n) is 2.49. The maximum Gasteiger partial charge on any atom is 0.0342 e. The lowest BCUT2D eigenvalue weighted by atomic mass is 10.1. The van der Waals surface area contributed by atoms with Crippen LogP contribution in [0.3, 0.4) is 0 Å². The van der Waals surface area contributed by atoms with Crippen molar-refractivity contribution in [1.29, 1.82) is 0 Å². The molecule has 0 atom stereocenters. The SMILES string of the molecule is CNc1ccc(/C=C/C2=CC=CCN2)cc1. The summed E-state index contributed by atoms with van der Waals surface area (Å²) in [7, 11) is 1.92. The monoisotopic (exact) mass is 212 g/mol. The van der Waals surface area contributed by atoms with Gasteiger partial charge in [0.05, 0.1) is 0 Å². The number of benzene rings is 1. The van der Waals surface area contributed by atoms with Crippen LogP contribution in [0.1, 0.15) is 5.56 Å². The Kier molecular flexibility index (Phi) is 3.44. The third-order valence-corrected chi connectivity index (χ3v) is 2.49. The molecule has 1 aromatic carbocycles. The number of allylic oxidation sites excluding steroid dienone is 3. The number of dihydropyridines is 1. The zero-order chi connectivity index (χ0) is 11.2. The molecule has 1 aliphatic heterocycles. The Hall–Kier alpha value is -1.96. The van der Waals surface area contributed by atoms with Gasteiger partial charge in [-0.15, -0.1) is 0 Å². The van der Waals surface area contributed by atoms with Gasteiger partial charge in [-0.25, -0.2) is 0 Å². The standard InChI is InChI=1S/C14H16N2/c1-15-13-8-5-12(6-9-13)7-10-14-4-2-3-11-16-14/h2-10,15-16H,11H2,1H3/b10-7+. The Morgan fingerprint density at radius 2 is 2.00 bits per heavy atom. The van der Waals surface area contributed by atoms with Crippen LogP contribution >= 0.6 is 0 Å². The Morgan fingerprint density at radius 1 is 1.19 bits per heavy atom. The van der Waals surface area contributed by atoms with Crippen molar-refractivity contribution in [3.8, 4) is 0 Å². The van der Waals surface area contributed by atoms with Crippen LogP contribution in [-0.4, -0.2) is 13.6 Å². The first-order valence-electron chi connectivity index (χ1n) is 5.45. The molecule has 2 heteroatoms. The molecule has 0 saturated heterocycles. The lowest BCUT2D eigenvalue weighted by Crippen LogP contribution is -2.13. The first kappa shape index (κ1) is 10.6. The van der Waals surface area contributed by atoms with Crippen LogP contribution < -0.4 is 10.6 Å². The predicted molar refractivity (Wildman–Crippen MR) is 70.2 cm³/mol. The molecule has 2 nitrogen and oxygen atoms in total. The lowest BCUT2D eigenvalue weighted by Gasteiger charge is -2.07. The van der Waals surface area contributed by atoms with Crippen LogP contribution in [0, 0.1) is 0 Å². The second kappa shape index (κ2) is 5.21. The van der Waals surface area contributed by atoms with E-state index in [4.69, 9.17) is 0 Å². The van der Waals surface area contributed by atoms with Gasteiger partial charge in [0.15, 0.2) is 0 Å². The molecule has 0 radical (unpaired) electrons. The zero-order valence-electron chi connectivity index (χ0n) is 9.40. The maximum atomic E-state index is 3.29. The number of hydrogen-bond donors (Lipinski definition) is 2. The van der Waals surface area contributed by atoms with E-state index in [1.54, 1.807) is 0 Å². The van der Waals surface area contributed by atoms with Gasteiger partial charge in [0.2, 0.25) is 0 Å². The summed E-state index contributed by atoms with van der Waals surface area (Å²) in [5.41, 5.74) is 3.49. The van der Waals surface area contributed by atoms with Crippen LogP contribution in [0.5, 0.6) is 0 Å². The molecule has 16 heavy (non-hydrogen) atoms. The average Bonchev–Trinajstić information content (AvgIpc) is 2.38. The summed E-state index contributed by atoms with van der Waals surface area (Å²) in [6, 6.07) is 8.34. The molecule has 0 bridgehead atoms. The summed E-state index contributed by atoms with van der Waals surface area (Å²) < 4.78 is 0. The van der Waals surface area contributed by atoms with E-state index in [2.05, 4.69) is 65.3 Å². The minimum Gasteiger partial charge on any atom is -0.388 e. The average molecular weight is 212 g/mol. The van der Waals surface area contributed by atoms with Gasteiger partial charge in [-0.3, -0.25) is 0 Å². The van der Waals surface area contributed by atoms with E-state index in [9.17, 15) is 0 Å². The molecule has 0 unspecified atom stereocenters. The molecular formula is C14H16N2. The van der Waals surface area contributed by atoms with Crippen molar-refractivity contribution in [2.75, 3.05) is 18.9 Å². The summed E-state index contributed by atoms with van der Waals surface area (Å²) in [5.74, 6) is 0. The van der Waals surface area contributed by atoms with Gasteiger partial charge >= 0.3 is 0 Å². The summed E-state index contributed by atoms with van der Waals surface area (Å²) in [6.45, 7) is 0.912. The Morgan fingerprint density at radius 3 is 2.62 bits per heavy atom. The second-order valence-electron chi connectivity index (χ2n) is 3.64. The summed E-state index contributed by atoms with van der Waals surface area (Å²) in [6.07, 6.45) is 10.4. The van der Waals surface area contributed by atoms with Crippen molar-refractivity contribution in [3.05, 3.63) is 59.8 Å². The van der Waals surface area contributed by atoms with E-state index < -0.39 is 0 Å². The van der Waals surface area contributed by atoms with Gasteiger partial charge < -0.3 is 10.6 Å². The number of nitrogens with one attached hydrogen (secondary N) is 2. The number of anilines is 1. The van der Waals surface area contributed by atoms with E-state index in [1.165, 1.54) is 5.56 Å². The summed E-state index contributed by atoms with van der Waals surface area (Å²) in [4.78, 5) is 0. The minimum atomic E-state index is 0.912. The van der Waals surface area contributed by atoms with Crippen LogP contribution in [-0.2, 0) is 0 Å². The van der Waals surface area contributed by atoms with Crippen LogP contribution in [0.15, 0.2) is 54.3 Å². The van der Waals surface area contributed by atoms with Gasteiger partial charge in [0, 0.05) is 25.0 Å². The van der Waals surface area contributed by atoms with Gasteiger partial charge in [-0.2, -0.15) is 0 Å². The van der Waals surface area contributed by atoms with Crippen molar-refractivity contribution in [2.24, 2.45) is 0 Å². The zero-order valence-corrected chi connectivity index (χ0v) is 9.40. The molecule has 0 saturated carbocycles. The third kappa shape index (κ3) is 2.76. The molecule has 0 aromatic heterocycles. The van der Waals surface area contributed by atoms with E-state index in [1.807, 2.05) is 7.05 Å². The molecule has 0 spiro atoms. The Balaban J connectivity index is 2.05. The van der Waals surface area contributed by atoms with Crippen molar-refractivity contribution in [3.63, 3.8) is 0 Å². The van der Waals surface area contributed by atoms with Crippen LogP contribution in [0.2, 0.25) is 0 Å². The highest BCUT2D eigenvalue weighted by atomic mass is 14.9. The molecule has 0 aliphatic carbocycles. The smallest absolute Gasteiger partial charge is 0.0342 e. The lowest BCUT2D eigenvalue weighted by molar-refractivity contribution is 0.923. The maximum absolute atomic E-state index is 3.29. The van der Waals surface area contributed by atoms with Crippen molar-refractivity contribution >= 4 is 11.8 Å². The van der Waals surface area contributed by atoms with E-state index in [0.29, 0.717) is 0 Å². The van der Waals surface area contributed by atoms with E-state index >= 15 is 0 Å². The van der Waals surface area contributed by atoms with Gasteiger partial charge in [-0.1, -0.05) is 30.4 Å². The summed E-state index contributed by atoms with van der Waals surface area (Å²) >= 11 is 0. The highest BCUT2D eigenvalue weighted by Gasteiger charge is 1.93. The molecule has 1 heterocycles. The molecule has 1 aliphatic rings. The van der Waals surface area contributed by atoms with Crippen molar-refractivity contribution in [2.45, 2.75) is 0 Å². The van der Waals surface area contributed by atoms with E-state index in [0.717, 1.165) is 17.9 Å². The van der Waals surface area contributed by atoms with E-state index in [-0.39, 0.29) is 0 Å². The molecule has 82 valence electrons. The van der Waals surface area contributed by atoms with Crippen molar-refractivity contribution < 1.29 is 0 Å². The molecule has 0 amide bonds. The normalized spacial score (nSPS) is 14.7. The van der Waals surface area contributed by atoms with Gasteiger partial charge in [0.1, 0.15) is 0 Å². The fourth-order valence-corrected chi connectivity index (χ4v) is 1.54. The topological polar surface area (TPSA) is 24.1 Å². The fourth-order valence-electron chi connectivity index (χ4n) is 1.54. The van der Waals surface area contributed by atoms with Crippen LogP contribution in [0.25, 0.3) is 6.08 Å². The van der Waals surface area contributed by atoms with Gasteiger partial charge in [-0.05, 0) is 29.8 Å². The quantitative estimate of drug-likeness (QED) is 0.805.